The molecular formula is C18H27N3O2. The molecule has 1 amide bonds. The summed E-state index contributed by atoms with van der Waals surface area (Å²) < 4.78 is 0. The first kappa shape index (κ1) is 16.4. The lowest BCUT2D eigenvalue weighted by molar-refractivity contribution is -0.129. The second-order valence-electron chi connectivity index (χ2n) is 6.87. The van der Waals surface area contributed by atoms with Crippen LogP contribution in [0.4, 0.5) is 0 Å². The summed E-state index contributed by atoms with van der Waals surface area (Å²) >= 11 is 0. The summed E-state index contributed by atoms with van der Waals surface area (Å²) in [6.07, 6.45) is 1.58. The Morgan fingerprint density at radius 1 is 1.22 bits per heavy atom. The second-order valence-corrected chi connectivity index (χ2v) is 6.87. The summed E-state index contributed by atoms with van der Waals surface area (Å²) in [7, 11) is 3.61. The fourth-order valence-corrected chi connectivity index (χ4v) is 3.69. The molecule has 1 aromatic carbocycles. The van der Waals surface area contributed by atoms with Gasteiger partial charge in [0.1, 0.15) is 0 Å². The lowest BCUT2D eigenvalue weighted by atomic mass is 10.1. The smallest absolute Gasteiger partial charge is 0.236 e. The third-order valence-corrected chi connectivity index (χ3v) is 5.12. The Hall–Kier alpha value is -1.43. The van der Waals surface area contributed by atoms with E-state index in [0.29, 0.717) is 6.54 Å². The first-order chi connectivity index (χ1) is 11.1. The molecule has 126 valence electrons. The number of aliphatic hydroxyl groups excluding tert-OH is 1. The highest BCUT2D eigenvalue weighted by Gasteiger charge is 2.35. The number of carbonyl (C=O) groups excluding carboxylic acids is 1. The van der Waals surface area contributed by atoms with Crippen LogP contribution in [0.2, 0.25) is 0 Å². The number of hydrogen-bond donors (Lipinski definition) is 1. The van der Waals surface area contributed by atoms with E-state index in [1.165, 1.54) is 5.56 Å². The van der Waals surface area contributed by atoms with Crippen LogP contribution in [0, 0.1) is 0 Å². The van der Waals surface area contributed by atoms with Gasteiger partial charge in [-0.1, -0.05) is 24.3 Å². The summed E-state index contributed by atoms with van der Waals surface area (Å²) in [4.78, 5) is 18.2. The SMILES string of the molecule is CN(C)C(=O)CN1CCCN(C2Cc3ccccc3C2O)CC1. The highest BCUT2D eigenvalue weighted by molar-refractivity contribution is 5.77. The van der Waals surface area contributed by atoms with Gasteiger partial charge in [-0.15, -0.1) is 0 Å². The molecule has 2 atom stereocenters. The number of carbonyl (C=O) groups is 1. The minimum absolute atomic E-state index is 0.159. The van der Waals surface area contributed by atoms with Crippen molar-refractivity contribution >= 4 is 5.91 Å². The zero-order valence-corrected chi connectivity index (χ0v) is 14.1. The Kier molecular flexibility index (Phi) is 4.99. The number of rotatable bonds is 3. The predicted molar refractivity (Wildman–Crippen MR) is 90.2 cm³/mol. The number of benzene rings is 1. The molecule has 5 nitrogen and oxygen atoms in total. The molecule has 0 aromatic heterocycles. The maximum atomic E-state index is 11.9. The molecule has 23 heavy (non-hydrogen) atoms. The normalized spacial score (nSPS) is 25.9. The predicted octanol–water partition coefficient (Wildman–Crippen LogP) is 0.741. The van der Waals surface area contributed by atoms with Crippen molar-refractivity contribution < 1.29 is 9.90 Å². The van der Waals surface area contributed by atoms with Crippen LogP contribution in [0.1, 0.15) is 23.7 Å². The first-order valence-electron chi connectivity index (χ1n) is 8.48. The Bertz CT molecular complexity index is 561. The summed E-state index contributed by atoms with van der Waals surface area (Å²) in [6, 6.07) is 8.39. The van der Waals surface area contributed by atoms with Crippen LogP contribution >= 0.6 is 0 Å². The fraction of sp³-hybridized carbons (Fsp3) is 0.611. The quantitative estimate of drug-likeness (QED) is 0.893. The molecule has 3 rings (SSSR count). The molecule has 1 fully saturated rings. The molecule has 1 aromatic rings. The molecule has 1 heterocycles. The van der Waals surface area contributed by atoms with E-state index in [2.05, 4.69) is 15.9 Å². The molecule has 0 saturated carbocycles. The van der Waals surface area contributed by atoms with Crippen molar-refractivity contribution in [3.63, 3.8) is 0 Å². The fourth-order valence-electron chi connectivity index (χ4n) is 3.69. The van der Waals surface area contributed by atoms with E-state index in [-0.39, 0.29) is 18.1 Å². The molecule has 1 aliphatic carbocycles. The van der Waals surface area contributed by atoms with Gasteiger partial charge in [-0.05, 0) is 37.1 Å². The minimum atomic E-state index is -0.388. The van der Waals surface area contributed by atoms with E-state index in [4.69, 9.17) is 0 Å². The van der Waals surface area contributed by atoms with Gasteiger partial charge in [-0.2, -0.15) is 0 Å². The summed E-state index contributed by atoms with van der Waals surface area (Å²) in [5.74, 6) is 0.159. The monoisotopic (exact) mass is 317 g/mol. The van der Waals surface area contributed by atoms with Crippen molar-refractivity contribution in [1.82, 2.24) is 14.7 Å². The first-order valence-corrected chi connectivity index (χ1v) is 8.48. The molecule has 2 unspecified atom stereocenters. The number of nitrogens with zero attached hydrogens (tertiary/aromatic N) is 3. The van der Waals surface area contributed by atoms with Crippen LogP contribution in [-0.4, -0.2) is 78.6 Å². The Morgan fingerprint density at radius 2 is 2.00 bits per heavy atom. The molecule has 2 aliphatic rings. The summed E-state index contributed by atoms with van der Waals surface area (Å²) in [5, 5.41) is 10.7. The zero-order chi connectivity index (χ0) is 16.4. The molecular weight excluding hydrogens is 290 g/mol. The van der Waals surface area contributed by atoms with Crippen LogP contribution in [-0.2, 0) is 11.2 Å². The van der Waals surface area contributed by atoms with Crippen molar-refractivity contribution in [2.24, 2.45) is 0 Å². The lowest BCUT2D eigenvalue weighted by Crippen LogP contribution is -2.42. The van der Waals surface area contributed by atoms with E-state index < -0.39 is 0 Å². The van der Waals surface area contributed by atoms with E-state index in [1.807, 2.05) is 18.2 Å². The molecule has 0 bridgehead atoms. The van der Waals surface area contributed by atoms with Crippen LogP contribution in [0.15, 0.2) is 24.3 Å². The molecule has 5 heteroatoms. The molecule has 1 aliphatic heterocycles. The number of fused-ring (bicyclic) bond motifs is 1. The van der Waals surface area contributed by atoms with Crippen LogP contribution in [0.3, 0.4) is 0 Å². The van der Waals surface area contributed by atoms with Crippen LogP contribution in [0.5, 0.6) is 0 Å². The van der Waals surface area contributed by atoms with E-state index >= 15 is 0 Å². The number of hydrogen-bond acceptors (Lipinski definition) is 4. The Labute approximate surface area is 138 Å². The standard InChI is InChI=1S/C18H27N3O2/c1-19(2)17(22)13-20-8-5-9-21(11-10-20)16-12-14-6-3-4-7-15(14)18(16)23/h3-4,6-7,16,18,23H,5,8-13H2,1-2H3. The topological polar surface area (TPSA) is 47.0 Å². The average molecular weight is 317 g/mol. The van der Waals surface area contributed by atoms with E-state index in [1.54, 1.807) is 19.0 Å². The van der Waals surface area contributed by atoms with Gasteiger partial charge in [0.2, 0.25) is 5.91 Å². The van der Waals surface area contributed by atoms with Crippen molar-refractivity contribution in [2.45, 2.75) is 25.0 Å². The molecule has 0 radical (unpaired) electrons. The third kappa shape index (κ3) is 3.57. The minimum Gasteiger partial charge on any atom is -0.387 e. The molecule has 1 N–H and O–H groups in total. The van der Waals surface area contributed by atoms with Gasteiger partial charge < -0.3 is 10.0 Å². The van der Waals surface area contributed by atoms with Gasteiger partial charge in [0.15, 0.2) is 0 Å². The summed E-state index contributed by atoms with van der Waals surface area (Å²) in [6.45, 7) is 4.23. The zero-order valence-electron chi connectivity index (χ0n) is 14.1. The van der Waals surface area contributed by atoms with Crippen molar-refractivity contribution in [3.8, 4) is 0 Å². The second kappa shape index (κ2) is 6.99. The highest BCUT2D eigenvalue weighted by Crippen LogP contribution is 2.34. The van der Waals surface area contributed by atoms with E-state index in [9.17, 15) is 9.90 Å². The largest absolute Gasteiger partial charge is 0.387 e. The van der Waals surface area contributed by atoms with Gasteiger partial charge >= 0.3 is 0 Å². The van der Waals surface area contributed by atoms with Crippen LogP contribution in [0.25, 0.3) is 0 Å². The van der Waals surface area contributed by atoms with E-state index in [0.717, 1.165) is 44.6 Å². The molecule has 0 spiro atoms. The maximum Gasteiger partial charge on any atom is 0.236 e. The number of aliphatic hydroxyl groups is 1. The van der Waals surface area contributed by atoms with Gasteiger partial charge in [0, 0.05) is 33.2 Å². The lowest BCUT2D eigenvalue weighted by Gasteiger charge is -2.30. The van der Waals surface area contributed by atoms with Gasteiger partial charge in [0.25, 0.3) is 0 Å². The third-order valence-electron chi connectivity index (χ3n) is 5.12. The van der Waals surface area contributed by atoms with Crippen LogP contribution < -0.4 is 0 Å². The van der Waals surface area contributed by atoms with Crippen molar-refractivity contribution in [1.29, 1.82) is 0 Å². The number of likely N-dealkylation sites (N-methyl/N-ethyl adjacent to an activating group) is 1. The van der Waals surface area contributed by atoms with Gasteiger partial charge in [-0.3, -0.25) is 14.6 Å². The number of amides is 1. The Morgan fingerprint density at radius 3 is 2.74 bits per heavy atom. The highest BCUT2D eigenvalue weighted by atomic mass is 16.3. The average Bonchev–Trinajstić information content (AvgIpc) is 2.71. The Balaban J connectivity index is 1.60. The summed E-state index contributed by atoms with van der Waals surface area (Å²) in [5.41, 5.74) is 2.36. The maximum absolute atomic E-state index is 11.9. The van der Waals surface area contributed by atoms with Gasteiger partial charge in [0.05, 0.1) is 12.6 Å². The molecule has 1 saturated heterocycles. The van der Waals surface area contributed by atoms with Crippen molar-refractivity contribution in [3.05, 3.63) is 35.4 Å². The van der Waals surface area contributed by atoms with Crippen molar-refractivity contribution in [2.75, 3.05) is 46.8 Å². The van der Waals surface area contributed by atoms with Gasteiger partial charge in [-0.25, -0.2) is 0 Å².